The van der Waals surface area contributed by atoms with Crippen molar-refractivity contribution in [2.24, 2.45) is 5.92 Å². The van der Waals surface area contributed by atoms with Crippen LogP contribution in [0.5, 0.6) is 0 Å². The highest BCUT2D eigenvalue weighted by atomic mass is 16.6. The van der Waals surface area contributed by atoms with E-state index in [-0.39, 0.29) is 0 Å². The van der Waals surface area contributed by atoms with Crippen LogP contribution in [-0.4, -0.2) is 0 Å². The lowest BCUT2D eigenvalue weighted by molar-refractivity contribution is 0.329. The van der Waals surface area contributed by atoms with Gasteiger partial charge in [-0.1, -0.05) is 26.2 Å². The smallest absolute Gasteiger partial charge is 0.145 e. The summed E-state index contributed by atoms with van der Waals surface area (Å²) in [6.07, 6.45) is 8.08. The van der Waals surface area contributed by atoms with Crippen LogP contribution in [0.1, 0.15) is 45.4 Å². The van der Waals surface area contributed by atoms with Crippen LogP contribution in [0, 0.1) is 5.92 Å². The number of allylic oxidation sites excluding steroid dienone is 2. The van der Waals surface area contributed by atoms with Crippen LogP contribution < -0.4 is 0 Å². The monoisotopic (exact) mass is 152 g/mol. The molecule has 1 unspecified atom stereocenters. The molecular weight excluding hydrogens is 136 g/mol. The van der Waals surface area contributed by atoms with E-state index in [1.165, 1.54) is 50.0 Å². The first-order valence-corrected chi connectivity index (χ1v) is 4.82. The lowest BCUT2D eigenvalue weighted by Gasteiger charge is -2.08. The fraction of sp³-hybridized carbons (Fsp3) is 0.800. The maximum absolute atomic E-state index is 5.33. The molecule has 0 saturated heterocycles. The molecule has 0 saturated carbocycles. The minimum Gasteiger partial charge on any atom is -0.459 e. The molecular formula is C10H16O. The van der Waals surface area contributed by atoms with Crippen molar-refractivity contribution in [1.29, 1.82) is 0 Å². The highest BCUT2D eigenvalue weighted by Crippen LogP contribution is 2.47. The molecule has 1 aliphatic carbocycles. The first kappa shape index (κ1) is 7.20. The second kappa shape index (κ2) is 2.88. The van der Waals surface area contributed by atoms with Crippen LogP contribution in [0.3, 0.4) is 0 Å². The molecule has 0 spiro atoms. The van der Waals surface area contributed by atoms with Crippen LogP contribution in [-0.2, 0) is 4.74 Å². The van der Waals surface area contributed by atoms with Crippen molar-refractivity contribution in [3.05, 3.63) is 11.5 Å². The minimum atomic E-state index is 0.816. The highest BCUT2D eigenvalue weighted by Gasteiger charge is 2.38. The first-order valence-electron chi connectivity index (χ1n) is 4.82. The van der Waals surface area contributed by atoms with Gasteiger partial charge in [0.25, 0.3) is 0 Å². The Morgan fingerprint density at radius 2 is 2.36 bits per heavy atom. The molecule has 0 fully saturated rings. The molecule has 2 rings (SSSR count). The third kappa shape index (κ3) is 1.42. The first-order chi connectivity index (χ1) is 5.42. The molecule has 1 heteroatoms. The predicted octanol–water partition coefficient (Wildman–Crippen LogP) is 3.22. The summed E-state index contributed by atoms with van der Waals surface area (Å²) in [6, 6.07) is 0. The molecule has 0 radical (unpaired) electrons. The lowest BCUT2D eigenvalue weighted by atomic mass is 10.00. The van der Waals surface area contributed by atoms with Gasteiger partial charge in [0.05, 0.1) is 0 Å². The van der Waals surface area contributed by atoms with E-state index >= 15 is 0 Å². The molecule has 1 nitrogen and oxygen atoms in total. The molecule has 11 heavy (non-hydrogen) atoms. The molecule has 0 aromatic heterocycles. The molecule has 0 amide bonds. The van der Waals surface area contributed by atoms with Crippen molar-refractivity contribution in [2.45, 2.75) is 45.4 Å². The van der Waals surface area contributed by atoms with Gasteiger partial charge in [0.15, 0.2) is 0 Å². The Bertz CT molecular complexity index is 181. The van der Waals surface area contributed by atoms with Crippen molar-refractivity contribution in [1.82, 2.24) is 0 Å². The van der Waals surface area contributed by atoms with Crippen LogP contribution in [0.2, 0.25) is 0 Å². The van der Waals surface area contributed by atoms with Gasteiger partial charge in [-0.25, -0.2) is 0 Å². The lowest BCUT2D eigenvalue weighted by Crippen LogP contribution is -1.97. The van der Waals surface area contributed by atoms with Gasteiger partial charge in [-0.3, -0.25) is 0 Å². The third-order valence-electron chi connectivity index (χ3n) is 2.71. The zero-order valence-corrected chi connectivity index (χ0v) is 7.23. The normalized spacial score (nSPS) is 26.8. The molecule has 0 bridgehead atoms. The van der Waals surface area contributed by atoms with Crippen LogP contribution in [0.15, 0.2) is 11.5 Å². The number of rotatable bonds is 4. The Hall–Kier alpha value is -0.460. The Morgan fingerprint density at radius 1 is 1.45 bits per heavy atom. The number of hydrogen-bond donors (Lipinski definition) is 0. The average molecular weight is 152 g/mol. The molecule has 0 aromatic rings. The van der Waals surface area contributed by atoms with E-state index in [4.69, 9.17) is 4.74 Å². The van der Waals surface area contributed by atoms with Crippen LogP contribution >= 0.6 is 0 Å². The second-order valence-corrected chi connectivity index (χ2v) is 3.62. The zero-order chi connectivity index (χ0) is 7.68. The van der Waals surface area contributed by atoms with E-state index in [0.717, 1.165) is 5.92 Å². The van der Waals surface area contributed by atoms with Gasteiger partial charge >= 0.3 is 0 Å². The Morgan fingerprint density at radius 3 is 2.91 bits per heavy atom. The Balaban J connectivity index is 1.67. The van der Waals surface area contributed by atoms with E-state index in [2.05, 4.69) is 6.92 Å². The second-order valence-electron chi connectivity index (χ2n) is 3.62. The summed E-state index contributed by atoms with van der Waals surface area (Å²) in [4.78, 5) is 0. The molecule has 1 heterocycles. The SMILES string of the molecule is CCCCCC1CCC2=C1O2. The van der Waals surface area contributed by atoms with Gasteiger partial charge in [-0.15, -0.1) is 0 Å². The summed E-state index contributed by atoms with van der Waals surface area (Å²) in [5.41, 5.74) is 0. The van der Waals surface area contributed by atoms with E-state index < -0.39 is 0 Å². The minimum absolute atomic E-state index is 0.816. The van der Waals surface area contributed by atoms with E-state index in [9.17, 15) is 0 Å². The van der Waals surface area contributed by atoms with Crippen molar-refractivity contribution in [3.8, 4) is 0 Å². The van der Waals surface area contributed by atoms with E-state index in [1.54, 1.807) is 0 Å². The maximum Gasteiger partial charge on any atom is 0.145 e. The van der Waals surface area contributed by atoms with E-state index in [0.29, 0.717) is 0 Å². The van der Waals surface area contributed by atoms with Gasteiger partial charge in [0.1, 0.15) is 11.5 Å². The molecule has 0 aromatic carbocycles. The summed E-state index contributed by atoms with van der Waals surface area (Å²) in [5, 5.41) is 0. The predicted molar refractivity (Wildman–Crippen MR) is 45.0 cm³/mol. The number of ether oxygens (including phenoxy) is 1. The van der Waals surface area contributed by atoms with Gasteiger partial charge in [0, 0.05) is 12.3 Å². The van der Waals surface area contributed by atoms with Crippen molar-refractivity contribution >= 4 is 0 Å². The van der Waals surface area contributed by atoms with Crippen molar-refractivity contribution in [2.75, 3.05) is 0 Å². The third-order valence-corrected chi connectivity index (χ3v) is 2.71. The van der Waals surface area contributed by atoms with Gasteiger partial charge in [-0.05, 0) is 12.8 Å². The highest BCUT2D eigenvalue weighted by molar-refractivity contribution is 5.25. The van der Waals surface area contributed by atoms with Gasteiger partial charge < -0.3 is 4.74 Å². The fourth-order valence-corrected chi connectivity index (χ4v) is 1.95. The van der Waals surface area contributed by atoms with E-state index in [1.807, 2.05) is 0 Å². The quantitative estimate of drug-likeness (QED) is 0.563. The molecule has 2 aliphatic rings. The summed E-state index contributed by atoms with van der Waals surface area (Å²) < 4.78 is 5.33. The Labute approximate surface area is 68.4 Å². The molecule has 0 N–H and O–H groups in total. The van der Waals surface area contributed by atoms with Crippen LogP contribution in [0.25, 0.3) is 0 Å². The van der Waals surface area contributed by atoms with Crippen molar-refractivity contribution < 1.29 is 4.74 Å². The molecule has 62 valence electrons. The Kier molecular flexibility index (Phi) is 1.89. The largest absolute Gasteiger partial charge is 0.459 e. The summed E-state index contributed by atoms with van der Waals surface area (Å²) >= 11 is 0. The standard InChI is InChI=1S/C10H16O/c1-2-3-4-5-8-6-7-9-10(8)11-9/h8H,2-7H2,1H3. The van der Waals surface area contributed by atoms with Gasteiger partial charge in [-0.2, -0.15) is 0 Å². The number of hydrogen-bond acceptors (Lipinski definition) is 1. The summed E-state index contributed by atoms with van der Waals surface area (Å²) in [6.45, 7) is 2.26. The van der Waals surface area contributed by atoms with Gasteiger partial charge in [0.2, 0.25) is 0 Å². The maximum atomic E-state index is 5.33. The van der Waals surface area contributed by atoms with Crippen molar-refractivity contribution in [3.63, 3.8) is 0 Å². The average Bonchev–Trinajstić information content (AvgIpc) is 2.70. The van der Waals surface area contributed by atoms with Crippen LogP contribution in [0.4, 0.5) is 0 Å². The fourth-order valence-electron chi connectivity index (χ4n) is 1.95. The zero-order valence-electron chi connectivity index (χ0n) is 7.23. The summed E-state index contributed by atoms with van der Waals surface area (Å²) in [5.74, 6) is 3.50. The number of unbranched alkanes of at least 4 members (excludes halogenated alkanes) is 2. The summed E-state index contributed by atoms with van der Waals surface area (Å²) in [7, 11) is 0. The molecule has 1 atom stereocenters. The topological polar surface area (TPSA) is 12.5 Å². The molecule has 1 aliphatic heterocycles.